The van der Waals surface area contributed by atoms with Gasteiger partial charge in [0.15, 0.2) is 0 Å². The van der Waals surface area contributed by atoms with Crippen LogP contribution in [0, 0.1) is 15.9 Å². The van der Waals surface area contributed by atoms with Gasteiger partial charge in [0, 0.05) is 12.1 Å². The maximum atomic E-state index is 12.8. The molecule has 0 aliphatic heterocycles. The van der Waals surface area contributed by atoms with Crippen LogP contribution in [-0.4, -0.2) is 29.1 Å². The third kappa shape index (κ3) is 3.59. The van der Waals surface area contributed by atoms with E-state index in [1.807, 2.05) is 5.32 Å². The van der Waals surface area contributed by atoms with Crippen molar-refractivity contribution in [1.29, 1.82) is 0 Å². The number of nitro groups is 1. The average molecular weight is 250 g/mol. The molecule has 2 N–H and O–H groups in total. The molecular weight excluding hydrogens is 241 g/mol. The molecule has 0 radical (unpaired) electrons. The Morgan fingerprint density at radius 1 is 1.47 bits per heavy atom. The number of alkyl halides is 2. The third-order valence-corrected chi connectivity index (χ3v) is 1.92. The summed E-state index contributed by atoms with van der Waals surface area (Å²) in [6, 6.07) is 2.47. The van der Waals surface area contributed by atoms with E-state index < -0.39 is 35.5 Å². The molecule has 0 fully saturated rings. The number of benzene rings is 1. The molecule has 0 saturated carbocycles. The van der Waals surface area contributed by atoms with Crippen molar-refractivity contribution in [1.82, 2.24) is 0 Å². The standard InChI is InChI=1S/C9H9F3N2O3/c10-6-1-2-8(14(16)17)7(3-6)13-4-9(11,12)5-15/h1-3,13,15H,4-5H2. The van der Waals surface area contributed by atoms with Gasteiger partial charge in [0.2, 0.25) is 0 Å². The fourth-order valence-electron chi connectivity index (χ4n) is 1.09. The molecule has 0 spiro atoms. The second-order valence-corrected chi connectivity index (χ2v) is 3.29. The van der Waals surface area contributed by atoms with E-state index in [2.05, 4.69) is 0 Å². The molecule has 0 aliphatic rings. The summed E-state index contributed by atoms with van der Waals surface area (Å²) in [6.07, 6.45) is 0. The van der Waals surface area contributed by atoms with Gasteiger partial charge in [0.25, 0.3) is 11.6 Å². The number of halogens is 3. The highest BCUT2D eigenvalue weighted by Gasteiger charge is 2.28. The minimum atomic E-state index is -3.43. The summed E-state index contributed by atoms with van der Waals surface area (Å²) in [5.74, 6) is -4.22. The number of nitrogens with one attached hydrogen (secondary N) is 1. The third-order valence-electron chi connectivity index (χ3n) is 1.92. The number of hydrogen-bond acceptors (Lipinski definition) is 4. The molecule has 5 nitrogen and oxygen atoms in total. The Balaban J connectivity index is 2.89. The topological polar surface area (TPSA) is 75.4 Å². The van der Waals surface area contributed by atoms with Crippen molar-refractivity contribution < 1.29 is 23.2 Å². The molecule has 1 aromatic carbocycles. The van der Waals surface area contributed by atoms with Gasteiger partial charge in [-0.05, 0) is 6.07 Å². The van der Waals surface area contributed by atoms with Crippen LogP contribution in [0.1, 0.15) is 0 Å². The van der Waals surface area contributed by atoms with E-state index in [0.29, 0.717) is 0 Å². The summed E-state index contributed by atoms with van der Waals surface area (Å²) >= 11 is 0. The maximum absolute atomic E-state index is 12.8. The van der Waals surface area contributed by atoms with E-state index in [1.165, 1.54) is 0 Å². The van der Waals surface area contributed by atoms with Crippen LogP contribution in [0.5, 0.6) is 0 Å². The zero-order chi connectivity index (χ0) is 13.1. The lowest BCUT2D eigenvalue weighted by Gasteiger charge is -2.14. The Kier molecular flexibility index (Phi) is 3.89. The first kappa shape index (κ1) is 13.2. The molecule has 0 bridgehead atoms. The van der Waals surface area contributed by atoms with Gasteiger partial charge in [-0.25, -0.2) is 13.2 Å². The molecule has 8 heteroatoms. The largest absolute Gasteiger partial charge is 0.390 e. The van der Waals surface area contributed by atoms with Crippen LogP contribution in [0.2, 0.25) is 0 Å². The molecule has 0 amide bonds. The van der Waals surface area contributed by atoms with Crippen molar-refractivity contribution in [2.75, 3.05) is 18.5 Å². The van der Waals surface area contributed by atoms with Crippen molar-refractivity contribution in [3.63, 3.8) is 0 Å². The zero-order valence-electron chi connectivity index (χ0n) is 8.49. The average Bonchev–Trinajstić information content (AvgIpc) is 2.26. The number of rotatable bonds is 5. The van der Waals surface area contributed by atoms with Crippen molar-refractivity contribution in [2.24, 2.45) is 0 Å². The molecule has 17 heavy (non-hydrogen) atoms. The summed E-state index contributed by atoms with van der Waals surface area (Å²) in [4.78, 5) is 9.71. The van der Waals surface area contributed by atoms with E-state index in [1.54, 1.807) is 0 Å². The Labute approximate surface area is 94.0 Å². The van der Waals surface area contributed by atoms with Crippen LogP contribution in [0.3, 0.4) is 0 Å². The van der Waals surface area contributed by atoms with E-state index in [0.717, 1.165) is 18.2 Å². The first-order valence-corrected chi connectivity index (χ1v) is 4.52. The highest BCUT2D eigenvalue weighted by atomic mass is 19.3. The number of aliphatic hydroxyl groups excluding tert-OH is 1. The van der Waals surface area contributed by atoms with Gasteiger partial charge in [0.05, 0.1) is 11.5 Å². The van der Waals surface area contributed by atoms with Crippen LogP contribution in [0.15, 0.2) is 18.2 Å². The minimum absolute atomic E-state index is 0.358. The predicted octanol–water partition coefficient (Wildman–Crippen LogP) is 1.77. The zero-order valence-corrected chi connectivity index (χ0v) is 8.49. The van der Waals surface area contributed by atoms with Gasteiger partial charge in [-0.2, -0.15) is 0 Å². The van der Waals surface area contributed by atoms with Gasteiger partial charge < -0.3 is 10.4 Å². The summed E-state index contributed by atoms with van der Waals surface area (Å²) in [6.45, 7) is -2.42. The summed E-state index contributed by atoms with van der Waals surface area (Å²) < 4.78 is 38.2. The van der Waals surface area contributed by atoms with E-state index >= 15 is 0 Å². The van der Waals surface area contributed by atoms with Crippen molar-refractivity contribution >= 4 is 11.4 Å². The van der Waals surface area contributed by atoms with Crippen LogP contribution in [0.25, 0.3) is 0 Å². The molecule has 94 valence electrons. The smallest absolute Gasteiger partial charge is 0.292 e. The summed E-state index contributed by atoms with van der Waals surface area (Å²) in [5, 5.41) is 20.9. The van der Waals surface area contributed by atoms with E-state index in [-0.39, 0.29) is 5.69 Å². The Morgan fingerprint density at radius 3 is 2.65 bits per heavy atom. The maximum Gasteiger partial charge on any atom is 0.292 e. The molecule has 0 aliphatic carbocycles. The first-order valence-electron chi connectivity index (χ1n) is 4.52. The summed E-state index contributed by atoms with van der Waals surface area (Å²) in [7, 11) is 0. The van der Waals surface area contributed by atoms with Crippen LogP contribution < -0.4 is 5.32 Å². The fraction of sp³-hybridized carbons (Fsp3) is 0.333. The predicted molar refractivity (Wildman–Crippen MR) is 53.6 cm³/mol. The van der Waals surface area contributed by atoms with Gasteiger partial charge in [-0.15, -0.1) is 0 Å². The number of nitro benzene ring substituents is 1. The van der Waals surface area contributed by atoms with Crippen molar-refractivity contribution in [3.05, 3.63) is 34.1 Å². The quantitative estimate of drug-likeness (QED) is 0.617. The molecular formula is C9H9F3N2O3. The van der Waals surface area contributed by atoms with Gasteiger partial charge >= 0.3 is 0 Å². The molecule has 1 rings (SSSR count). The molecule has 1 aromatic rings. The number of aliphatic hydroxyl groups is 1. The first-order chi connectivity index (χ1) is 7.85. The van der Waals surface area contributed by atoms with Crippen LogP contribution in [-0.2, 0) is 0 Å². The van der Waals surface area contributed by atoms with Crippen LogP contribution >= 0.6 is 0 Å². The molecule has 0 heterocycles. The molecule has 0 aromatic heterocycles. The minimum Gasteiger partial charge on any atom is -0.390 e. The van der Waals surface area contributed by atoms with E-state index in [9.17, 15) is 23.3 Å². The number of anilines is 1. The molecule has 0 atom stereocenters. The summed E-state index contributed by atoms with van der Waals surface area (Å²) in [5.41, 5.74) is -0.872. The Hall–Kier alpha value is -1.83. The lowest BCUT2D eigenvalue weighted by atomic mass is 10.2. The second-order valence-electron chi connectivity index (χ2n) is 3.29. The Morgan fingerprint density at radius 2 is 2.12 bits per heavy atom. The number of nitrogens with zero attached hydrogens (tertiary/aromatic N) is 1. The normalized spacial score (nSPS) is 11.3. The second kappa shape index (κ2) is 5.00. The van der Waals surface area contributed by atoms with Gasteiger partial charge in [0.1, 0.15) is 18.1 Å². The lowest BCUT2D eigenvalue weighted by molar-refractivity contribution is -0.384. The molecule has 0 saturated heterocycles. The fourth-order valence-corrected chi connectivity index (χ4v) is 1.09. The highest BCUT2D eigenvalue weighted by molar-refractivity contribution is 5.61. The Bertz CT molecular complexity index is 426. The van der Waals surface area contributed by atoms with Crippen LogP contribution in [0.4, 0.5) is 24.5 Å². The van der Waals surface area contributed by atoms with Gasteiger partial charge in [-0.1, -0.05) is 0 Å². The lowest BCUT2D eigenvalue weighted by Crippen LogP contribution is -2.31. The van der Waals surface area contributed by atoms with Crippen molar-refractivity contribution in [3.8, 4) is 0 Å². The van der Waals surface area contributed by atoms with Crippen molar-refractivity contribution in [2.45, 2.75) is 5.92 Å². The highest BCUT2D eigenvalue weighted by Crippen LogP contribution is 2.26. The SMILES string of the molecule is O=[N+]([O-])c1ccc(F)cc1NCC(F)(F)CO. The monoisotopic (exact) mass is 250 g/mol. The van der Waals surface area contributed by atoms with Gasteiger partial charge in [-0.3, -0.25) is 10.1 Å². The van der Waals surface area contributed by atoms with E-state index in [4.69, 9.17) is 5.11 Å². The molecule has 0 unspecified atom stereocenters. The number of hydrogen-bond donors (Lipinski definition) is 2.